The first-order chi connectivity index (χ1) is 12.9. The van der Waals surface area contributed by atoms with Crippen LogP contribution in [-0.4, -0.2) is 17.1 Å². The largest absolute Gasteiger partial charge is 0.494 e. The van der Waals surface area contributed by atoms with Crippen LogP contribution in [-0.2, 0) is 7.05 Å². The quantitative estimate of drug-likeness (QED) is 0.662. The van der Waals surface area contributed by atoms with Gasteiger partial charge in [0.15, 0.2) is 0 Å². The third-order valence-electron chi connectivity index (χ3n) is 4.43. The summed E-state index contributed by atoms with van der Waals surface area (Å²) in [5.41, 5.74) is 1.52. The van der Waals surface area contributed by atoms with E-state index in [4.69, 9.17) is 4.74 Å². The molecule has 0 aliphatic rings. The molecule has 3 rings (SSSR count). The molecular weight excluding hydrogens is 408 g/mol. The molecule has 0 saturated carbocycles. The Balaban J connectivity index is 1.95. The van der Waals surface area contributed by atoms with Gasteiger partial charge in [-0.2, -0.15) is 0 Å². The van der Waals surface area contributed by atoms with Crippen molar-refractivity contribution in [1.82, 2.24) is 9.88 Å². The highest BCUT2D eigenvalue weighted by Gasteiger charge is 2.17. The number of nitrogens with one attached hydrogen (secondary N) is 1. The number of benzene rings is 2. The van der Waals surface area contributed by atoms with Crippen LogP contribution in [0.25, 0.3) is 10.9 Å². The molecule has 140 valence electrons. The molecule has 1 atom stereocenters. The number of carbonyl (C=O) groups is 1. The maximum absolute atomic E-state index is 12.9. The molecule has 6 heteroatoms. The molecule has 0 saturated heterocycles. The summed E-state index contributed by atoms with van der Waals surface area (Å²) < 4.78 is 8.24. The number of hydrogen-bond donors (Lipinski definition) is 1. The third kappa shape index (κ3) is 4.06. The van der Waals surface area contributed by atoms with Crippen molar-refractivity contribution in [1.29, 1.82) is 0 Å². The van der Waals surface area contributed by atoms with E-state index < -0.39 is 5.91 Å². The van der Waals surface area contributed by atoms with Crippen molar-refractivity contribution in [3.05, 3.63) is 74.5 Å². The maximum Gasteiger partial charge on any atom is 0.257 e. The van der Waals surface area contributed by atoms with Crippen molar-refractivity contribution in [2.45, 2.75) is 19.9 Å². The van der Waals surface area contributed by atoms with Gasteiger partial charge in [-0.25, -0.2) is 0 Å². The SMILES string of the molecule is CCOc1ccc2c(c1)c(=O)c(C(=O)NC(C)c1ccc(Br)cc1)cn2C. The second kappa shape index (κ2) is 7.96. The van der Waals surface area contributed by atoms with Crippen molar-refractivity contribution in [3.63, 3.8) is 0 Å². The van der Waals surface area contributed by atoms with Gasteiger partial charge < -0.3 is 14.6 Å². The smallest absolute Gasteiger partial charge is 0.257 e. The third-order valence-corrected chi connectivity index (χ3v) is 4.96. The van der Waals surface area contributed by atoms with E-state index in [1.807, 2.05) is 57.3 Å². The number of pyridine rings is 1. The number of nitrogens with zero attached hydrogens (tertiary/aromatic N) is 1. The first-order valence-electron chi connectivity index (χ1n) is 8.73. The summed E-state index contributed by atoms with van der Waals surface area (Å²) in [6.07, 6.45) is 1.58. The standard InChI is InChI=1S/C21H21BrN2O3/c1-4-27-16-9-10-19-17(11-16)20(25)18(12-24(19)3)21(26)23-13(2)14-5-7-15(22)8-6-14/h5-13H,4H2,1-3H3,(H,23,26). The van der Waals surface area contributed by atoms with Crippen LogP contribution in [0, 0.1) is 0 Å². The molecule has 1 N–H and O–H groups in total. The predicted octanol–water partition coefficient (Wildman–Crippen LogP) is 4.19. The Bertz CT molecular complexity index is 1040. The maximum atomic E-state index is 12.9. The second-order valence-corrected chi connectivity index (χ2v) is 7.26. The summed E-state index contributed by atoms with van der Waals surface area (Å²) in [4.78, 5) is 25.7. The molecule has 1 amide bonds. The minimum atomic E-state index is -0.394. The molecular formula is C21H21BrN2O3. The Labute approximate surface area is 166 Å². The number of fused-ring (bicyclic) bond motifs is 1. The van der Waals surface area contributed by atoms with Gasteiger partial charge in [0.1, 0.15) is 11.3 Å². The number of hydrogen-bond acceptors (Lipinski definition) is 3. The van der Waals surface area contributed by atoms with Crippen molar-refractivity contribution in [2.75, 3.05) is 6.61 Å². The molecule has 27 heavy (non-hydrogen) atoms. The van der Waals surface area contributed by atoms with Gasteiger partial charge in [-0.1, -0.05) is 28.1 Å². The monoisotopic (exact) mass is 428 g/mol. The average Bonchev–Trinajstić information content (AvgIpc) is 2.65. The Morgan fingerprint density at radius 2 is 1.93 bits per heavy atom. The Morgan fingerprint density at radius 1 is 1.22 bits per heavy atom. The number of rotatable bonds is 5. The summed E-state index contributed by atoms with van der Waals surface area (Å²) in [6, 6.07) is 12.8. The van der Waals surface area contributed by atoms with Crippen LogP contribution in [0.15, 0.2) is 57.9 Å². The van der Waals surface area contributed by atoms with Crippen LogP contribution in [0.2, 0.25) is 0 Å². The highest BCUT2D eigenvalue weighted by molar-refractivity contribution is 9.10. The predicted molar refractivity (Wildman–Crippen MR) is 110 cm³/mol. The van der Waals surface area contributed by atoms with Gasteiger partial charge in [-0.3, -0.25) is 9.59 Å². The molecule has 0 bridgehead atoms. The molecule has 0 aliphatic heterocycles. The molecule has 3 aromatic rings. The normalized spacial score (nSPS) is 12.0. The van der Waals surface area contributed by atoms with Crippen LogP contribution in [0.3, 0.4) is 0 Å². The fourth-order valence-electron chi connectivity index (χ4n) is 3.00. The molecule has 1 heterocycles. The molecule has 1 aromatic heterocycles. The van der Waals surface area contributed by atoms with Crippen molar-refractivity contribution in [2.24, 2.45) is 7.05 Å². The minimum Gasteiger partial charge on any atom is -0.494 e. The molecule has 5 nitrogen and oxygen atoms in total. The highest BCUT2D eigenvalue weighted by atomic mass is 79.9. The summed E-state index contributed by atoms with van der Waals surface area (Å²) in [5.74, 6) is 0.220. The van der Waals surface area contributed by atoms with E-state index >= 15 is 0 Å². The van der Waals surface area contributed by atoms with E-state index in [1.54, 1.807) is 16.8 Å². The van der Waals surface area contributed by atoms with E-state index in [0.717, 1.165) is 15.6 Å². The average molecular weight is 429 g/mol. The van der Waals surface area contributed by atoms with Crippen molar-refractivity contribution >= 4 is 32.7 Å². The van der Waals surface area contributed by atoms with Crippen LogP contribution in [0.5, 0.6) is 5.75 Å². The number of aromatic nitrogens is 1. The molecule has 0 fully saturated rings. The van der Waals surface area contributed by atoms with E-state index in [9.17, 15) is 9.59 Å². The number of aryl methyl sites for hydroxylation is 1. The molecule has 0 aliphatic carbocycles. The molecule has 2 aromatic carbocycles. The van der Waals surface area contributed by atoms with E-state index in [2.05, 4.69) is 21.2 Å². The zero-order valence-corrected chi connectivity index (χ0v) is 17.0. The zero-order chi connectivity index (χ0) is 19.6. The van der Waals surface area contributed by atoms with Crippen molar-refractivity contribution < 1.29 is 9.53 Å². The van der Waals surface area contributed by atoms with Crippen LogP contribution in [0.4, 0.5) is 0 Å². The van der Waals surface area contributed by atoms with Gasteiger partial charge in [0, 0.05) is 17.7 Å². The number of ether oxygens (including phenoxy) is 1. The van der Waals surface area contributed by atoms with Crippen LogP contribution in [0.1, 0.15) is 35.8 Å². The summed E-state index contributed by atoms with van der Waals surface area (Å²) in [6.45, 7) is 4.28. The second-order valence-electron chi connectivity index (χ2n) is 6.34. The van der Waals surface area contributed by atoms with Gasteiger partial charge >= 0.3 is 0 Å². The lowest BCUT2D eigenvalue weighted by Gasteiger charge is -2.15. The minimum absolute atomic E-state index is 0.114. The van der Waals surface area contributed by atoms with E-state index in [0.29, 0.717) is 17.7 Å². The highest BCUT2D eigenvalue weighted by Crippen LogP contribution is 2.20. The van der Waals surface area contributed by atoms with Crippen LogP contribution < -0.4 is 15.5 Å². The van der Waals surface area contributed by atoms with Gasteiger partial charge in [0.05, 0.1) is 23.6 Å². The lowest BCUT2D eigenvalue weighted by atomic mass is 10.1. The van der Waals surface area contributed by atoms with Gasteiger partial charge in [-0.05, 0) is 49.7 Å². The number of carbonyl (C=O) groups excluding carboxylic acids is 1. The lowest BCUT2D eigenvalue weighted by Crippen LogP contribution is -2.31. The molecule has 0 spiro atoms. The fourth-order valence-corrected chi connectivity index (χ4v) is 3.26. The van der Waals surface area contributed by atoms with E-state index in [1.165, 1.54) is 0 Å². The van der Waals surface area contributed by atoms with E-state index in [-0.39, 0.29) is 17.0 Å². The zero-order valence-electron chi connectivity index (χ0n) is 15.5. The van der Waals surface area contributed by atoms with Gasteiger partial charge in [0.2, 0.25) is 5.43 Å². The van der Waals surface area contributed by atoms with Crippen LogP contribution >= 0.6 is 15.9 Å². The first kappa shape index (κ1) is 19.2. The van der Waals surface area contributed by atoms with Gasteiger partial charge in [-0.15, -0.1) is 0 Å². The summed E-state index contributed by atoms with van der Waals surface area (Å²) in [7, 11) is 1.82. The van der Waals surface area contributed by atoms with Gasteiger partial charge in [0.25, 0.3) is 5.91 Å². The first-order valence-corrected chi connectivity index (χ1v) is 9.52. The van der Waals surface area contributed by atoms with Crippen molar-refractivity contribution in [3.8, 4) is 5.75 Å². The lowest BCUT2D eigenvalue weighted by molar-refractivity contribution is 0.0938. The number of amides is 1. The Morgan fingerprint density at radius 3 is 2.59 bits per heavy atom. The number of halogens is 1. The fraction of sp³-hybridized carbons (Fsp3) is 0.238. The Hall–Kier alpha value is -2.60. The summed E-state index contributed by atoms with van der Waals surface area (Å²) >= 11 is 3.40. The molecule has 1 unspecified atom stereocenters. The summed E-state index contributed by atoms with van der Waals surface area (Å²) in [5, 5.41) is 3.37. The Kier molecular flexibility index (Phi) is 5.65. The topological polar surface area (TPSA) is 60.3 Å². The molecule has 0 radical (unpaired) electrons.